The van der Waals surface area contributed by atoms with Crippen molar-refractivity contribution in [2.45, 2.75) is 53.9 Å². The van der Waals surface area contributed by atoms with Crippen LogP contribution in [0, 0.1) is 5.92 Å². The minimum absolute atomic E-state index is 0.709. The molecular weight excluding hydrogens is 180 g/mol. The zero-order valence-electron chi connectivity index (χ0n) is 11.0. The minimum atomic E-state index is 0.709. The maximum atomic E-state index is 2.34. The first-order valence-corrected chi connectivity index (χ1v) is 5.98. The van der Waals surface area contributed by atoms with Crippen LogP contribution in [0.2, 0.25) is 0 Å². The molecule has 0 radical (unpaired) electrons. The van der Waals surface area contributed by atoms with Gasteiger partial charge in [-0.25, -0.2) is 0 Å². The first kappa shape index (κ1) is 14.2. The lowest BCUT2D eigenvalue weighted by Gasteiger charge is -2.13. The van der Waals surface area contributed by atoms with Crippen LogP contribution in [0.3, 0.4) is 0 Å². The fraction of sp³-hybridized carbons (Fsp3) is 0.600. The average molecular weight is 206 g/mol. The molecule has 0 fully saturated rings. The van der Waals surface area contributed by atoms with E-state index in [9.17, 15) is 0 Å². The molecule has 0 saturated carbocycles. The number of rotatable bonds is 6. The number of hydrogen-bond donors (Lipinski definition) is 0. The van der Waals surface area contributed by atoms with Crippen molar-refractivity contribution in [3.8, 4) is 0 Å². The molecule has 0 nitrogen and oxygen atoms in total. The number of allylic oxidation sites excluding steroid dienone is 6. The van der Waals surface area contributed by atoms with Crippen LogP contribution in [0.15, 0.2) is 35.5 Å². The van der Waals surface area contributed by atoms with E-state index in [0.29, 0.717) is 5.92 Å². The molecule has 0 aliphatic heterocycles. The van der Waals surface area contributed by atoms with Crippen molar-refractivity contribution in [1.29, 1.82) is 0 Å². The van der Waals surface area contributed by atoms with Crippen LogP contribution in [0.1, 0.15) is 53.9 Å². The van der Waals surface area contributed by atoms with Crippen molar-refractivity contribution in [2.75, 3.05) is 0 Å². The summed E-state index contributed by atoms with van der Waals surface area (Å²) in [5.41, 5.74) is 3.01. The van der Waals surface area contributed by atoms with E-state index in [-0.39, 0.29) is 0 Å². The summed E-state index contributed by atoms with van der Waals surface area (Å²) in [5.74, 6) is 0.709. The second-order valence-corrected chi connectivity index (χ2v) is 4.42. The van der Waals surface area contributed by atoms with Gasteiger partial charge in [-0.2, -0.15) is 0 Å². The van der Waals surface area contributed by atoms with Gasteiger partial charge in [0.25, 0.3) is 0 Å². The van der Waals surface area contributed by atoms with Gasteiger partial charge in [-0.05, 0) is 59.8 Å². The summed E-state index contributed by atoms with van der Waals surface area (Å²) in [6, 6.07) is 0. The van der Waals surface area contributed by atoms with Gasteiger partial charge in [-0.15, -0.1) is 0 Å². The smallest absolute Gasteiger partial charge is 0.0193 e. The monoisotopic (exact) mass is 206 g/mol. The SMILES string of the molecule is CC=CCCC(C=CC)CC(C)=C(C)C. The Labute approximate surface area is 95.8 Å². The molecule has 0 aromatic rings. The van der Waals surface area contributed by atoms with Gasteiger partial charge in [-0.3, -0.25) is 0 Å². The van der Waals surface area contributed by atoms with Crippen molar-refractivity contribution in [2.24, 2.45) is 5.92 Å². The molecule has 0 spiro atoms. The zero-order valence-corrected chi connectivity index (χ0v) is 11.0. The van der Waals surface area contributed by atoms with Crippen LogP contribution >= 0.6 is 0 Å². The average Bonchev–Trinajstić information content (AvgIpc) is 2.18. The summed E-state index contributed by atoms with van der Waals surface area (Å²) in [6.45, 7) is 10.9. The molecule has 86 valence electrons. The Kier molecular flexibility index (Phi) is 8.08. The summed E-state index contributed by atoms with van der Waals surface area (Å²) in [7, 11) is 0. The molecule has 0 aliphatic rings. The molecule has 0 heteroatoms. The minimum Gasteiger partial charge on any atom is -0.0917 e. The van der Waals surface area contributed by atoms with Crippen LogP contribution in [-0.2, 0) is 0 Å². The van der Waals surface area contributed by atoms with Crippen LogP contribution in [-0.4, -0.2) is 0 Å². The second kappa shape index (κ2) is 8.52. The molecule has 0 aromatic carbocycles. The summed E-state index contributed by atoms with van der Waals surface area (Å²) >= 11 is 0. The van der Waals surface area contributed by atoms with E-state index in [1.807, 2.05) is 0 Å². The van der Waals surface area contributed by atoms with Gasteiger partial charge >= 0.3 is 0 Å². The fourth-order valence-corrected chi connectivity index (χ4v) is 1.61. The van der Waals surface area contributed by atoms with E-state index in [0.717, 1.165) is 0 Å². The lowest BCUT2D eigenvalue weighted by molar-refractivity contribution is 0.588. The Morgan fingerprint density at radius 2 is 1.73 bits per heavy atom. The Hall–Kier alpha value is -0.780. The predicted octanol–water partition coefficient (Wildman–Crippen LogP) is 5.28. The third-order valence-corrected chi connectivity index (χ3v) is 2.83. The van der Waals surface area contributed by atoms with Gasteiger partial charge in [0.1, 0.15) is 0 Å². The topological polar surface area (TPSA) is 0 Å². The van der Waals surface area contributed by atoms with E-state index in [4.69, 9.17) is 0 Å². The number of hydrogen-bond acceptors (Lipinski definition) is 0. The standard InChI is InChI=1S/C15H26/c1-6-8-9-11-15(10-7-2)12-14(5)13(3)4/h6-8,10,15H,9,11-12H2,1-5H3. The van der Waals surface area contributed by atoms with E-state index in [1.165, 1.54) is 24.8 Å². The first-order chi connectivity index (χ1) is 7.11. The van der Waals surface area contributed by atoms with Gasteiger partial charge in [0.05, 0.1) is 0 Å². The third kappa shape index (κ3) is 7.18. The molecule has 0 N–H and O–H groups in total. The van der Waals surface area contributed by atoms with Crippen molar-refractivity contribution in [3.05, 3.63) is 35.5 Å². The second-order valence-electron chi connectivity index (χ2n) is 4.42. The van der Waals surface area contributed by atoms with Crippen molar-refractivity contribution >= 4 is 0 Å². The molecule has 0 heterocycles. The van der Waals surface area contributed by atoms with E-state index >= 15 is 0 Å². The lowest BCUT2D eigenvalue weighted by atomic mass is 9.93. The first-order valence-electron chi connectivity index (χ1n) is 5.98. The van der Waals surface area contributed by atoms with Gasteiger partial charge in [-0.1, -0.05) is 35.5 Å². The Balaban J connectivity index is 4.22. The lowest BCUT2D eigenvalue weighted by Crippen LogP contribution is -1.98. The van der Waals surface area contributed by atoms with Crippen LogP contribution < -0.4 is 0 Å². The molecular formula is C15H26. The highest BCUT2D eigenvalue weighted by Gasteiger charge is 2.05. The Morgan fingerprint density at radius 3 is 2.20 bits per heavy atom. The highest BCUT2D eigenvalue weighted by Crippen LogP contribution is 2.20. The van der Waals surface area contributed by atoms with Crippen molar-refractivity contribution < 1.29 is 0 Å². The van der Waals surface area contributed by atoms with Gasteiger partial charge < -0.3 is 0 Å². The van der Waals surface area contributed by atoms with Gasteiger partial charge in [0.2, 0.25) is 0 Å². The molecule has 0 bridgehead atoms. The van der Waals surface area contributed by atoms with E-state index in [1.54, 1.807) is 5.57 Å². The highest BCUT2D eigenvalue weighted by atomic mass is 14.1. The Bertz CT molecular complexity index is 237. The van der Waals surface area contributed by atoms with Gasteiger partial charge in [0, 0.05) is 0 Å². The molecule has 1 unspecified atom stereocenters. The van der Waals surface area contributed by atoms with Crippen LogP contribution in [0.5, 0.6) is 0 Å². The molecule has 0 saturated heterocycles. The summed E-state index contributed by atoms with van der Waals surface area (Å²) in [5, 5.41) is 0. The molecule has 0 aromatic heterocycles. The third-order valence-electron chi connectivity index (χ3n) is 2.83. The van der Waals surface area contributed by atoms with E-state index in [2.05, 4.69) is 58.9 Å². The maximum absolute atomic E-state index is 2.34. The molecule has 0 rings (SSSR count). The van der Waals surface area contributed by atoms with Crippen molar-refractivity contribution in [1.82, 2.24) is 0 Å². The zero-order chi connectivity index (χ0) is 11.7. The largest absolute Gasteiger partial charge is 0.0917 e. The van der Waals surface area contributed by atoms with Crippen molar-refractivity contribution in [3.63, 3.8) is 0 Å². The maximum Gasteiger partial charge on any atom is -0.0193 e. The van der Waals surface area contributed by atoms with Crippen LogP contribution in [0.25, 0.3) is 0 Å². The molecule has 1 atom stereocenters. The summed E-state index contributed by atoms with van der Waals surface area (Å²) < 4.78 is 0. The molecule has 15 heavy (non-hydrogen) atoms. The molecule has 0 aliphatic carbocycles. The quantitative estimate of drug-likeness (QED) is 0.518. The normalized spacial score (nSPS) is 13.7. The Morgan fingerprint density at radius 1 is 1.07 bits per heavy atom. The highest BCUT2D eigenvalue weighted by molar-refractivity contribution is 5.09. The van der Waals surface area contributed by atoms with Crippen LogP contribution in [0.4, 0.5) is 0 Å². The van der Waals surface area contributed by atoms with Gasteiger partial charge in [0.15, 0.2) is 0 Å². The summed E-state index contributed by atoms with van der Waals surface area (Å²) in [4.78, 5) is 0. The molecule has 0 amide bonds. The fourth-order valence-electron chi connectivity index (χ4n) is 1.61. The predicted molar refractivity (Wildman–Crippen MR) is 71.0 cm³/mol. The van der Waals surface area contributed by atoms with E-state index < -0.39 is 0 Å². The summed E-state index contributed by atoms with van der Waals surface area (Å²) in [6.07, 6.45) is 12.6.